The Balaban J connectivity index is 1.56. The van der Waals surface area contributed by atoms with Gasteiger partial charge in [-0.05, 0) is 36.4 Å². The number of H-pyrrole nitrogens is 1. The summed E-state index contributed by atoms with van der Waals surface area (Å²) in [7, 11) is 0.334. The summed E-state index contributed by atoms with van der Waals surface area (Å²) in [5.74, 6) is -22.9. The Hall–Kier alpha value is -6.01. The van der Waals surface area contributed by atoms with Gasteiger partial charge in [0.1, 0.15) is 22.6 Å². The first-order chi connectivity index (χ1) is 23.3. The molecule has 0 saturated heterocycles. The Labute approximate surface area is 263 Å². The third-order valence-electron chi connectivity index (χ3n) is 7.65. The summed E-state index contributed by atoms with van der Waals surface area (Å²) in [4.78, 5) is 19.8. The number of nitrogens with zero attached hydrogens (tertiary/aromatic N) is 5. The molecule has 3 aromatic heterocycles. The van der Waals surface area contributed by atoms with Crippen LogP contribution >= 0.6 is 0 Å². The third-order valence-corrected chi connectivity index (χ3v) is 7.65. The highest BCUT2D eigenvalue weighted by Crippen LogP contribution is 2.38. The van der Waals surface area contributed by atoms with Gasteiger partial charge in [-0.25, -0.2) is 59.4 Å². The quantitative estimate of drug-likeness (QED) is 0.0889. The molecule has 19 heteroatoms. The number of hydrogen-bond acceptors (Lipinski definition) is 5. The van der Waals surface area contributed by atoms with E-state index < -0.39 is 86.9 Å². The minimum absolute atomic E-state index is 0.129. The molecule has 243 valence electrons. The molecule has 4 aromatic carbocycles. The molecule has 1 aliphatic heterocycles. The van der Waals surface area contributed by atoms with E-state index in [1.165, 1.54) is 0 Å². The van der Waals surface area contributed by atoms with Gasteiger partial charge in [0.05, 0.1) is 0 Å². The molecule has 0 aliphatic carbocycles. The highest BCUT2D eigenvalue weighted by molar-refractivity contribution is 6.33. The van der Waals surface area contributed by atoms with E-state index in [0.29, 0.717) is 42.4 Å². The molecule has 0 unspecified atom stereocenters. The molecule has 0 spiro atoms. The zero-order valence-corrected chi connectivity index (χ0v) is 23.3. The monoisotopic (exact) mass is 687 g/mol. The van der Waals surface area contributed by atoms with Crippen molar-refractivity contribution in [1.82, 2.24) is 29.4 Å². The zero-order valence-electron chi connectivity index (χ0n) is 23.3. The molecule has 0 atom stereocenters. The maximum absolute atomic E-state index is 14.7. The first-order valence-corrected chi connectivity index (χ1v) is 13.5. The minimum Gasteiger partial charge on any atom is -0.538 e. The highest BCUT2D eigenvalue weighted by Gasteiger charge is 2.29. The topological polar surface area (TPSA) is 81.5 Å². The zero-order chi connectivity index (χ0) is 34.6. The number of nitrogens with one attached hydrogen (secondary N) is 1. The van der Waals surface area contributed by atoms with E-state index in [1.807, 2.05) is 0 Å². The fourth-order valence-corrected chi connectivity index (χ4v) is 5.38. The van der Waals surface area contributed by atoms with Crippen LogP contribution in [0, 0.1) is 64.0 Å². The predicted molar refractivity (Wildman–Crippen MR) is 150 cm³/mol. The molecule has 1 radical (unpaired) electrons. The van der Waals surface area contributed by atoms with Crippen molar-refractivity contribution in [3.8, 4) is 28.5 Å². The summed E-state index contributed by atoms with van der Waals surface area (Å²) in [6, 6.07) is 4.03. The Morgan fingerprint density at radius 1 is 0.469 bits per heavy atom. The van der Waals surface area contributed by atoms with Crippen LogP contribution in [0.25, 0.3) is 66.9 Å². The number of fused-ring (bicyclic) bond motifs is 15. The van der Waals surface area contributed by atoms with Gasteiger partial charge in [-0.3, -0.25) is 0 Å². The fraction of sp³-hybridized carbons (Fsp3) is 0. The van der Waals surface area contributed by atoms with Crippen LogP contribution in [-0.4, -0.2) is 37.0 Å². The van der Waals surface area contributed by atoms with Gasteiger partial charge in [0.25, 0.3) is 0 Å². The van der Waals surface area contributed by atoms with Crippen LogP contribution < -0.4 is 4.65 Å². The lowest BCUT2D eigenvalue weighted by atomic mass is 10.1. The van der Waals surface area contributed by atoms with Crippen molar-refractivity contribution in [1.29, 1.82) is 0 Å². The van der Waals surface area contributed by atoms with E-state index in [1.54, 1.807) is 0 Å². The lowest BCUT2D eigenvalue weighted by molar-refractivity contribution is 0.350. The molecule has 7 aromatic rings. The van der Waals surface area contributed by atoms with Crippen LogP contribution in [0.5, 0.6) is 5.75 Å². The molecule has 8 rings (SSSR count). The van der Waals surface area contributed by atoms with E-state index in [0.717, 1.165) is 6.07 Å². The summed E-state index contributed by atoms with van der Waals surface area (Å²) in [5.41, 5.74) is -2.06. The molecule has 4 heterocycles. The van der Waals surface area contributed by atoms with Crippen molar-refractivity contribution < 1.29 is 52.9 Å². The minimum atomic E-state index is -2.49. The Kier molecular flexibility index (Phi) is 6.50. The first kappa shape index (κ1) is 30.3. The van der Waals surface area contributed by atoms with Crippen LogP contribution in [-0.2, 0) is 0 Å². The normalized spacial score (nSPS) is 12.0. The number of rotatable bonds is 3. The molecule has 6 bridgehead atoms. The molecule has 1 N–H and O–H groups in total. The average Bonchev–Trinajstić information content (AvgIpc) is 3.65. The van der Waals surface area contributed by atoms with Crippen molar-refractivity contribution in [2.24, 2.45) is 0 Å². The SMILES string of the molecule is Fc1cc2c(cc1F)-c1nc-2nc2[nH]c(nc3c4cc(F)c(F)cc4c(n1)n3[B]Oc1c(F)c(F)c(F)c(F)c1F)c1cc(F)c(F)cc21. The fourth-order valence-electron chi connectivity index (χ4n) is 5.38. The Morgan fingerprint density at radius 3 is 1.41 bits per heavy atom. The maximum atomic E-state index is 14.7. The summed E-state index contributed by atoms with van der Waals surface area (Å²) in [5, 5.41) is -0.963. The van der Waals surface area contributed by atoms with E-state index in [2.05, 4.69) is 24.9 Å². The summed E-state index contributed by atoms with van der Waals surface area (Å²) in [6.45, 7) is 0. The van der Waals surface area contributed by atoms with Gasteiger partial charge in [0.15, 0.2) is 52.3 Å². The number of hydrogen-bond donors (Lipinski definition) is 1. The van der Waals surface area contributed by atoms with Gasteiger partial charge in [-0.15, -0.1) is 0 Å². The van der Waals surface area contributed by atoms with Gasteiger partial charge in [0.2, 0.25) is 29.1 Å². The van der Waals surface area contributed by atoms with Gasteiger partial charge in [0, 0.05) is 32.7 Å². The largest absolute Gasteiger partial charge is 0.538 e. The van der Waals surface area contributed by atoms with Crippen LogP contribution in [0.4, 0.5) is 48.3 Å². The van der Waals surface area contributed by atoms with Crippen LogP contribution in [0.1, 0.15) is 0 Å². The smallest absolute Gasteiger partial charge is 0.529 e. The second-order valence-electron chi connectivity index (χ2n) is 10.5. The van der Waals surface area contributed by atoms with Gasteiger partial charge in [-0.2, -0.15) is 8.78 Å². The maximum Gasteiger partial charge on any atom is 0.529 e. The standard InChI is InChI=1S/C30H7BF11N6O/c32-13-1-7-9(3-15(13)34)27-44-25(7)43-26-8-2-14(33)16(35)4-10(8)28(45-26)47-30-12-6-18(37)17(36)5-11(12)29(46-27)48(30)31-49-24-22(41)20(39)19(38)21(40)23(24)42/h1-6H,(H,43,44,45,46,47). The molecular weight excluding hydrogens is 680 g/mol. The van der Waals surface area contributed by atoms with Crippen LogP contribution in [0.2, 0.25) is 0 Å². The van der Waals surface area contributed by atoms with E-state index in [-0.39, 0.29) is 49.8 Å². The van der Waals surface area contributed by atoms with Crippen molar-refractivity contribution in [2.75, 3.05) is 0 Å². The van der Waals surface area contributed by atoms with Crippen molar-refractivity contribution >= 4 is 51.8 Å². The van der Waals surface area contributed by atoms with Crippen molar-refractivity contribution in [2.45, 2.75) is 0 Å². The lowest BCUT2D eigenvalue weighted by Crippen LogP contribution is -2.18. The summed E-state index contributed by atoms with van der Waals surface area (Å²) in [6.07, 6.45) is 0. The average molecular weight is 687 g/mol. The van der Waals surface area contributed by atoms with Gasteiger partial charge in [-0.1, -0.05) is 0 Å². The van der Waals surface area contributed by atoms with Crippen molar-refractivity contribution in [3.63, 3.8) is 0 Å². The molecule has 7 nitrogen and oxygen atoms in total. The predicted octanol–water partition coefficient (Wildman–Crippen LogP) is 7.77. The number of aromatic nitrogens is 6. The second-order valence-corrected chi connectivity index (χ2v) is 10.5. The van der Waals surface area contributed by atoms with Gasteiger partial charge >= 0.3 is 7.62 Å². The number of aromatic amines is 1. The van der Waals surface area contributed by atoms with E-state index >= 15 is 0 Å². The van der Waals surface area contributed by atoms with E-state index in [4.69, 9.17) is 4.65 Å². The Morgan fingerprint density at radius 2 is 0.878 bits per heavy atom. The van der Waals surface area contributed by atoms with Crippen LogP contribution in [0.3, 0.4) is 0 Å². The summed E-state index contributed by atoms with van der Waals surface area (Å²) < 4.78 is 164. The second kappa shape index (κ2) is 10.5. The Bertz CT molecular complexity index is 2690. The third kappa shape index (κ3) is 4.44. The first-order valence-electron chi connectivity index (χ1n) is 13.5. The molecule has 0 amide bonds. The molecule has 0 saturated carbocycles. The van der Waals surface area contributed by atoms with E-state index in [9.17, 15) is 48.3 Å². The van der Waals surface area contributed by atoms with Crippen LogP contribution in [0.15, 0.2) is 36.4 Å². The van der Waals surface area contributed by atoms with Gasteiger partial charge < -0.3 is 14.1 Å². The molecule has 49 heavy (non-hydrogen) atoms. The highest BCUT2D eigenvalue weighted by atomic mass is 19.2. The lowest BCUT2D eigenvalue weighted by Gasteiger charge is -2.10. The number of halogens is 11. The van der Waals surface area contributed by atoms with Crippen molar-refractivity contribution in [3.05, 3.63) is 100 Å². The molecule has 0 fully saturated rings. The molecular formula is C30H7BF11N6O. The number of benzene rings is 4. The molecule has 1 aliphatic rings. The summed E-state index contributed by atoms with van der Waals surface area (Å²) >= 11 is 0.